The molecule has 0 unspecified atom stereocenters. The molecule has 0 N–H and O–H groups in total. The lowest BCUT2D eigenvalue weighted by atomic mass is 9.97. The van der Waals surface area contributed by atoms with E-state index in [-0.39, 0.29) is 17.7 Å². The zero-order chi connectivity index (χ0) is 16.3. The maximum atomic E-state index is 12.6. The van der Waals surface area contributed by atoms with Crippen LogP contribution in [-0.2, 0) is 16.6 Å². The fourth-order valence-corrected chi connectivity index (χ4v) is 2.26. The van der Waals surface area contributed by atoms with Crippen molar-refractivity contribution in [2.45, 2.75) is 46.5 Å². The van der Waals surface area contributed by atoms with Gasteiger partial charge in [-0.2, -0.15) is 0 Å². The second kappa shape index (κ2) is 6.34. The Morgan fingerprint density at radius 2 is 1.86 bits per heavy atom. The Hall–Kier alpha value is -2.10. The highest BCUT2D eigenvalue weighted by Crippen LogP contribution is 2.24. The van der Waals surface area contributed by atoms with E-state index in [1.54, 1.807) is 4.90 Å². The molecule has 0 spiro atoms. The number of oxazole rings is 1. The van der Waals surface area contributed by atoms with Gasteiger partial charge in [0, 0.05) is 17.6 Å². The number of benzene rings is 1. The standard InChI is InChI=1S/C18H24N2O2/c1-6-20(14-10-8-7-9-11-14)16(21)12-15-13(2)19-17(22-15)18(3,4)5/h7-11H,6,12H2,1-5H3. The molecule has 22 heavy (non-hydrogen) atoms. The summed E-state index contributed by atoms with van der Waals surface area (Å²) in [5.41, 5.74) is 1.54. The average molecular weight is 300 g/mol. The maximum Gasteiger partial charge on any atom is 0.234 e. The molecule has 0 atom stereocenters. The van der Waals surface area contributed by atoms with Crippen LogP contribution in [0.25, 0.3) is 0 Å². The largest absolute Gasteiger partial charge is 0.444 e. The Kier molecular flexibility index (Phi) is 4.69. The SMILES string of the molecule is CCN(C(=O)Cc1oc(C(C)(C)C)nc1C)c1ccccc1. The maximum absolute atomic E-state index is 12.6. The number of amides is 1. The minimum atomic E-state index is -0.157. The fourth-order valence-electron chi connectivity index (χ4n) is 2.26. The number of aryl methyl sites for hydroxylation is 1. The van der Waals surface area contributed by atoms with Crippen molar-refractivity contribution in [3.05, 3.63) is 47.7 Å². The molecule has 1 amide bonds. The number of carbonyl (C=O) groups excluding carboxylic acids is 1. The average Bonchev–Trinajstić information content (AvgIpc) is 2.82. The van der Waals surface area contributed by atoms with Crippen molar-refractivity contribution in [1.29, 1.82) is 0 Å². The third kappa shape index (κ3) is 3.56. The minimum absolute atomic E-state index is 0.0217. The second-order valence-corrected chi connectivity index (χ2v) is 6.43. The Labute approximate surface area is 132 Å². The van der Waals surface area contributed by atoms with Crippen LogP contribution in [0, 0.1) is 6.92 Å². The second-order valence-electron chi connectivity index (χ2n) is 6.43. The van der Waals surface area contributed by atoms with Gasteiger partial charge in [0.15, 0.2) is 5.89 Å². The third-order valence-corrected chi connectivity index (χ3v) is 3.53. The first-order valence-electron chi connectivity index (χ1n) is 7.65. The van der Waals surface area contributed by atoms with Crippen LogP contribution in [0.2, 0.25) is 0 Å². The van der Waals surface area contributed by atoms with Crippen LogP contribution < -0.4 is 4.90 Å². The summed E-state index contributed by atoms with van der Waals surface area (Å²) in [7, 11) is 0. The fraction of sp³-hybridized carbons (Fsp3) is 0.444. The molecule has 1 aromatic heterocycles. The zero-order valence-electron chi connectivity index (χ0n) is 14.0. The lowest BCUT2D eigenvalue weighted by Gasteiger charge is -2.20. The number of hydrogen-bond donors (Lipinski definition) is 0. The first-order chi connectivity index (χ1) is 10.3. The Balaban J connectivity index is 2.19. The van der Waals surface area contributed by atoms with Gasteiger partial charge in [-0.15, -0.1) is 0 Å². The molecule has 0 radical (unpaired) electrons. The predicted octanol–water partition coefficient (Wildman–Crippen LogP) is 3.88. The topological polar surface area (TPSA) is 46.3 Å². The number of aromatic nitrogens is 1. The summed E-state index contributed by atoms with van der Waals surface area (Å²) >= 11 is 0. The number of para-hydroxylation sites is 1. The molecule has 0 bridgehead atoms. The first kappa shape index (κ1) is 16.3. The highest BCUT2D eigenvalue weighted by molar-refractivity contribution is 5.94. The van der Waals surface area contributed by atoms with Gasteiger partial charge in [-0.3, -0.25) is 4.79 Å². The number of likely N-dealkylation sites (N-methyl/N-ethyl adjacent to an activating group) is 1. The van der Waals surface area contributed by atoms with E-state index in [1.807, 2.05) is 65.0 Å². The van der Waals surface area contributed by atoms with Gasteiger partial charge in [-0.05, 0) is 26.0 Å². The molecule has 0 saturated heterocycles. The summed E-state index contributed by atoms with van der Waals surface area (Å²) in [5.74, 6) is 1.35. The summed E-state index contributed by atoms with van der Waals surface area (Å²) < 4.78 is 5.82. The monoisotopic (exact) mass is 300 g/mol. The van der Waals surface area contributed by atoms with Crippen LogP contribution >= 0.6 is 0 Å². The highest BCUT2D eigenvalue weighted by Gasteiger charge is 2.24. The molecule has 0 aliphatic rings. The summed E-state index contributed by atoms with van der Waals surface area (Å²) in [5, 5.41) is 0. The van der Waals surface area contributed by atoms with Crippen molar-refractivity contribution < 1.29 is 9.21 Å². The molecule has 118 valence electrons. The van der Waals surface area contributed by atoms with Gasteiger partial charge in [-0.25, -0.2) is 4.98 Å². The van der Waals surface area contributed by atoms with Crippen LogP contribution in [-0.4, -0.2) is 17.4 Å². The first-order valence-corrected chi connectivity index (χ1v) is 7.65. The molecule has 1 heterocycles. The lowest BCUT2D eigenvalue weighted by molar-refractivity contribution is -0.118. The molecular formula is C18H24N2O2. The van der Waals surface area contributed by atoms with Gasteiger partial charge in [-0.1, -0.05) is 39.0 Å². The van der Waals surface area contributed by atoms with Crippen LogP contribution in [0.3, 0.4) is 0 Å². The van der Waals surface area contributed by atoms with Crippen molar-refractivity contribution in [3.63, 3.8) is 0 Å². The summed E-state index contributed by atoms with van der Waals surface area (Å²) in [6.45, 7) is 10.6. The van der Waals surface area contributed by atoms with Crippen LogP contribution in [0.5, 0.6) is 0 Å². The van der Waals surface area contributed by atoms with E-state index in [0.717, 1.165) is 11.4 Å². The third-order valence-electron chi connectivity index (χ3n) is 3.53. The predicted molar refractivity (Wildman–Crippen MR) is 88.1 cm³/mol. The van der Waals surface area contributed by atoms with Gasteiger partial charge >= 0.3 is 0 Å². The van der Waals surface area contributed by atoms with Gasteiger partial charge in [0.1, 0.15) is 5.76 Å². The summed E-state index contributed by atoms with van der Waals surface area (Å²) in [4.78, 5) is 18.8. The molecule has 0 aliphatic heterocycles. The molecule has 0 aliphatic carbocycles. The van der Waals surface area contributed by atoms with E-state index < -0.39 is 0 Å². The summed E-state index contributed by atoms with van der Waals surface area (Å²) in [6, 6.07) is 9.69. The Bertz CT molecular complexity index is 639. The molecule has 2 aromatic rings. The quantitative estimate of drug-likeness (QED) is 0.861. The molecule has 0 saturated carbocycles. The molecular weight excluding hydrogens is 276 g/mol. The van der Waals surface area contributed by atoms with Gasteiger partial charge in [0.2, 0.25) is 5.91 Å². The van der Waals surface area contributed by atoms with E-state index >= 15 is 0 Å². The van der Waals surface area contributed by atoms with E-state index in [0.29, 0.717) is 18.2 Å². The van der Waals surface area contributed by atoms with Crippen molar-refractivity contribution in [2.75, 3.05) is 11.4 Å². The van der Waals surface area contributed by atoms with E-state index in [4.69, 9.17) is 4.42 Å². The lowest BCUT2D eigenvalue weighted by Crippen LogP contribution is -2.32. The molecule has 4 nitrogen and oxygen atoms in total. The van der Waals surface area contributed by atoms with Crippen molar-refractivity contribution in [2.24, 2.45) is 0 Å². The zero-order valence-corrected chi connectivity index (χ0v) is 14.0. The Morgan fingerprint density at radius 3 is 2.36 bits per heavy atom. The van der Waals surface area contributed by atoms with Crippen molar-refractivity contribution >= 4 is 11.6 Å². The van der Waals surface area contributed by atoms with E-state index in [2.05, 4.69) is 4.98 Å². The van der Waals surface area contributed by atoms with Crippen LogP contribution in [0.4, 0.5) is 5.69 Å². The number of carbonyl (C=O) groups is 1. The van der Waals surface area contributed by atoms with Crippen LogP contribution in [0.15, 0.2) is 34.7 Å². The molecule has 2 rings (SSSR count). The molecule has 1 aromatic carbocycles. The molecule has 4 heteroatoms. The van der Waals surface area contributed by atoms with Gasteiger partial charge in [0.25, 0.3) is 0 Å². The molecule has 0 fully saturated rings. The number of hydrogen-bond acceptors (Lipinski definition) is 3. The number of anilines is 1. The Morgan fingerprint density at radius 1 is 1.23 bits per heavy atom. The van der Waals surface area contributed by atoms with Gasteiger partial charge in [0.05, 0.1) is 12.1 Å². The summed E-state index contributed by atoms with van der Waals surface area (Å²) in [6.07, 6.45) is 0.234. The van der Waals surface area contributed by atoms with Crippen molar-refractivity contribution in [3.8, 4) is 0 Å². The number of nitrogens with zero attached hydrogens (tertiary/aromatic N) is 2. The van der Waals surface area contributed by atoms with Gasteiger partial charge < -0.3 is 9.32 Å². The van der Waals surface area contributed by atoms with E-state index in [9.17, 15) is 4.79 Å². The van der Waals surface area contributed by atoms with E-state index in [1.165, 1.54) is 0 Å². The highest BCUT2D eigenvalue weighted by atomic mass is 16.4. The number of rotatable bonds is 4. The van der Waals surface area contributed by atoms with Crippen LogP contribution in [0.1, 0.15) is 45.0 Å². The van der Waals surface area contributed by atoms with Crippen molar-refractivity contribution in [1.82, 2.24) is 4.98 Å². The smallest absolute Gasteiger partial charge is 0.234 e. The normalized spacial score (nSPS) is 11.5. The minimum Gasteiger partial charge on any atom is -0.444 e.